The second-order valence-corrected chi connectivity index (χ2v) is 6.72. The lowest BCUT2D eigenvalue weighted by molar-refractivity contribution is -0.137. The van der Waals surface area contributed by atoms with Crippen LogP contribution in [0.2, 0.25) is 0 Å². The molecule has 1 aromatic rings. The maximum absolute atomic E-state index is 12.6. The quantitative estimate of drug-likeness (QED) is 0.681. The normalized spacial score (nSPS) is 23.1. The number of hydrogen-bond donors (Lipinski definition) is 1. The van der Waals surface area contributed by atoms with Gasteiger partial charge >= 0.3 is 6.18 Å². The fourth-order valence-corrected chi connectivity index (χ4v) is 3.45. The largest absolute Gasteiger partial charge is 0.416 e. The van der Waals surface area contributed by atoms with Gasteiger partial charge in [-0.3, -0.25) is 0 Å². The van der Waals surface area contributed by atoms with Gasteiger partial charge in [-0.1, -0.05) is 26.2 Å². The van der Waals surface area contributed by atoms with Crippen LogP contribution in [-0.2, 0) is 6.18 Å². The van der Waals surface area contributed by atoms with Crippen molar-refractivity contribution in [2.75, 3.05) is 11.9 Å². The Morgan fingerprint density at radius 1 is 1.14 bits per heavy atom. The third-order valence-corrected chi connectivity index (χ3v) is 5.08. The third-order valence-electron chi connectivity index (χ3n) is 4.42. The first-order valence-corrected chi connectivity index (χ1v) is 8.30. The molecule has 1 fully saturated rings. The molecule has 0 radical (unpaired) electrons. The van der Waals surface area contributed by atoms with Crippen molar-refractivity contribution in [3.63, 3.8) is 0 Å². The molecule has 0 saturated heterocycles. The Morgan fingerprint density at radius 3 is 2.29 bits per heavy atom. The summed E-state index contributed by atoms with van der Waals surface area (Å²) in [6.45, 7) is 3.07. The Kier molecular flexibility index (Phi) is 5.58. The van der Waals surface area contributed by atoms with Crippen molar-refractivity contribution < 1.29 is 13.2 Å². The van der Waals surface area contributed by atoms with Gasteiger partial charge in [-0.15, -0.1) is 0 Å². The number of alkyl halides is 3. The van der Waals surface area contributed by atoms with E-state index in [1.165, 1.54) is 38.2 Å². The highest BCUT2D eigenvalue weighted by Crippen LogP contribution is 2.35. The first kappa shape index (κ1) is 16.7. The van der Waals surface area contributed by atoms with E-state index < -0.39 is 11.7 Å². The van der Waals surface area contributed by atoms with Crippen molar-refractivity contribution in [1.82, 2.24) is 0 Å². The van der Waals surface area contributed by atoms with E-state index in [4.69, 9.17) is 0 Å². The predicted octanol–water partition coefficient (Wildman–Crippen LogP) is 6.10. The summed E-state index contributed by atoms with van der Waals surface area (Å²) in [4.78, 5) is 0. The van der Waals surface area contributed by atoms with Gasteiger partial charge in [0.25, 0.3) is 0 Å². The average Bonchev–Trinajstić information content (AvgIpc) is 2.45. The van der Waals surface area contributed by atoms with Crippen LogP contribution in [0.25, 0.3) is 0 Å². The minimum atomic E-state index is -4.29. The van der Waals surface area contributed by atoms with E-state index in [9.17, 15) is 13.2 Å². The zero-order valence-corrected chi connectivity index (χ0v) is 13.7. The minimum absolute atomic E-state index is 0.472. The molecule has 1 saturated carbocycles. The van der Waals surface area contributed by atoms with Crippen LogP contribution < -0.4 is 5.32 Å². The fourth-order valence-electron chi connectivity index (χ4n) is 2.93. The minimum Gasteiger partial charge on any atom is -0.384 e. The second-order valence-electron chi connectivity index (χ2n) is 5.87. The summed E-state index contributed by atoms with van der Waals surface area (Å²) < 4.78 is 38.3. The molecule has 118 valence electrons. The topological polar surface area (TPSA) is 12.0 Å². The predicted molar refractivity (Wildman–Crippen MR) is 83.4 cm³/mol. The maximum atomic E-state index is 12.6. The van der Waals surface area contributed by atoms with Crippen LogP contribution in [0.4, 0.5) is 18.9 Å². The van der Waals surface area contributed by atoms with Crippen LogP contribution >= 0.6 is 15.9 Å². The summed E-state index contributed by atoms with van der Waals surface area (Å²) in [5, 5.41) is 3.28. The van der Waals surface area contributed by atoms with E-state index in [0.29, 0.717) is 10.4 Å². The Bertz CT molecular complexity index is 465. The van der Waals surface area contributed by atoms with Gasteiger partial charge in [0.2, 0.25) is 0 Å². The van der Waals surface area contributed by atoms with Crippen LogP contribution in [-0.4, -0.2) is 6.54 Å². The lowest BCUT2D eigenvalue weighted by Crippen LogP contribution is -2.21. The van der Waals surface area contributed by atoms with Gasteiger partial charge in [-0.25, -0.2) is 0 Å². The summed E-state index contributed by atoms with van der Waals surface area (Å²) in [5.41, 5.74) is 0.115. The van der Waals surface area contributed by atoms with Crippen molar-refractivity contribution in [2.45, 2.75) is 45.2 Å². The van der Waals surface area contributed by atoms with Crippen LogP contribution in [0.15, 0.2) is 22.7 Å². The zero-order chi connectivity index (χ0) is 15.5. The van der Waals surface area contributed by atoms with Gasteiger partial charge in [0, 0.05) is 16.7 Å². The molecule has 0 heterocycles. The van der Waals surface area contributed by atoms with E-state index in [1.807, 2.05) is 0 Å². The molecule has 0 spiro atoms. The van der Waals surface area contributed by atoms with Crippen LogP contribution in [0.3, 0.4) is 0 Å². The van der Waals surface area contributed by atoms with Crippen LogP contribution in [0.1, 0.15) is 44.6 Å². The summed E-state index contributed by atoms with van der Waals surface area (Å²) >= 11 is 3.22. The molecule has 1 N–H and O–H groups in total. The number of benzene rings is 1. The zero-order valence-electron chi connectivity index (χ0n) is 12.1. The van der Waals surface area contributed by atoms with Crippen molar-refractivity contribution >= 4 is 21.6 Å². The number of nitrogens with one attached hydrogen (secondary N) is 1. The highest BCUT2D eigenvalue weighted by molar-refractivity contribution is 9.10. The standard InChI is InChI=1S/C16H21BrF3N/c1-2-11-3-5-12(6-4-11)10-21-15-8-7-13(9-14(15)17)16(18,19)20/h7-9,11-12,21H,2-6,10H2,1H3. The molecule has 21 heavy (non-hydrogen) atoms. The SMILES string of the molecule is CCC1CCC(CNc2ccc(C(F)(F)F)cc2Br)CC1. The Labute approximate surface area is 132 Å². The first-order valence-electron chi connectivity index (χ1n) is 7.50. The van der Waals surface area contributed by atoms with Gasteiger partial charge in [0.05, 0.1) is 5.56 Å². The molecule has 2 rings (SSSR count). The summed E-state index contributed by atoms with van der Waals surface area (Å²) in [6.07, 6.45) is 1.94. The van der Waals surface area contributed by atoms with E-state index in [0.717, 1.165) is 30.3 Å². The molecular weight excluding hydrogens is 343 g/mol. The first-order chi connectivity index (χ1) is 9.90. The van der Waals surface area contributed by atoms with Crippen molar-refractivity contribution in [1.29, 1.82) is 0 Å². The van der Waals surface area contributed by atoms with Gasteiger partial charge in [-0.2, -0.15) is 13.2 Å². The molecule has 0 aromatic heterocycles. The average molecular weight is 364 g/mol. The maximum Gasteiger partial charge on any atom is 0.416 e. The molecular formula is C16H21BrF3N. The van der Waals surface area contributed by atoms with Gasteiger partial charge in [0.15, 0.2) is 0 Å². The lowest BCUT2D eigenvalue weighted by Gasteiger charge is -2.28. The molecule has 0 atom stereocenters. The molecule has 0 bridgehead atoms. The highest BCUT2D eigenvalue weighted by atomic mass is 79.9. The van der Waals surface area contributed by atoms with E-state index >= 15 is 0 Å². The smallest absolute Gasteiger partial charge is 0.384 e. The van der Waals surface area contributed by atoms with Crippen LogP contribution in [0, 0.1) is 11.8 Å². The lowest BCUT2D eigenvalue weighted by atomic mass is 9.81. The number of rotatable bonds is 4. The monoisotopic (exact) mass is 363 g/mol. The van der Waals surface area contributed by atoms with Crippen molar-refractivity contribution in [3.8, 4) is 0 Å². The molecule has 5 heteroatoms. The number of anilines is 1. The Balaban J connectivity index is 1.89. The Morgan fingerprint density at radius 2 is 1.76 bits per heavy atom. The van der Waals surface area contributed by atoms with Crippen LogP contribution in [0.5, 0.6) is 0 Å². The molecule has 0 amide bonds. The number of halogens is 4. The molecule has 1 aliphatic rings. The highest BCUT2D eigenvalue weighted by Gasteiger charge is 2.30. The molecule has 0 aliphatic heterocycles. The molecule has 1 nitrogen and oxygen atoms in total. The molecule has 1 aromatic carbocycles. The summed E-state index contributed by atoms with van der Waals surface area (Å²) in [6, 6.07) is 3.77. The molecule has 0 unspecified atom stereocenters. The number of hydrogen-bond acceptors (Lipinski definition) is 1. The van der Waals surface area contributed by atoms with Gasteiger partial charge < -0.3 is 5.32 Å². The van der Waals surface area contributed by atoms with E-state index in [1.54, 1.807) is 0 Å². The third kappa shape index (κ3) is 4.63. The second kappa shape index (κ2) is 7.03. The van der Waals surface area contributed by atoms with E-state index in [2.05, 4.69) is 28.2 Å². The summed E-state index contributed by atoms with van der Waals surface area (Å²) in [5.74, 6) is 1.49. The van der Waals surface area contributed by atoms with Crippen molar-refractivity contribution in [3.05, 3.63) is 28.2 Å². The Hall–Kier alpha value is -0.710. The fraction of sp³-hybridized carbons (Fsp3) is 0.625. The van der Waals surface area contributed by atoms with Crippen molar-refractivity contribution in [2.24, 2.45) is 11.8 Å². The van der Waals surface area contributed by atoms with E-state index in [-0.39, 0.29) is 0 Å². The van der Waals surface area contributed by atoms with Gasteiger partial charge in [-0.05, 0) is 58.8 Å². The van der Waals surface area contributed by atoms with Gasteiger partial charge in [0.1, 0.15) is 0 Å². The summed E-state index contributed by atoms with van der Waals surface area (Å²) in [7, 11) is 0. The molecule has 1 aliphatic carbocycles.